The van der Waals surface area contributed by atoms with E-state index in [9.17, 15) is 0 Å². The quantitative estimate of drug-likeness (QED) is 0.135. The van der Waals surface area contributed by atoms with Crippen LogP contribution in [0.5, 0.6) is 0 Å². The van der Waals surface area contributed by atoms with Crippen LogP contribution >= 0.6 is 0 Å². The fraction of sp³-hybridized carbons (Fsp3) is 0.189. The second kappa shape index (κ2) is 11.3. The molecule has 0 aliphatic carbocycles. The summed E-state index contributed by atoms with van der Waals surface area (Å²) in [6.45, 7) is 8.77. The summed E-state index contributed by atoms with van der Waals surface area (Å²) in [6, 6.07) is 34.4. The number of aryl methyl sites for hydroxylation is 2. The van der Waals surface area contributed by atoms with Crippen molar-refractivity contribution < 1.29 is 20.1 Å². The van der Waals surface area contributed by atoms with Gasteiger partial charge in [-0.1, -0.05) is 61.4 Å². The van der Waals surface area contributed by atoms with Gasteiger partial charge in [0.05, 0.1) is 11.3 Å². The van der Waals surface area contributed by atoms with Gasteiger partial charge in [-0.3, -0.25) is 9.97 Å². The van der Waals surface area contributed by atoms with Crippen LogP contribution in [0.4, 0.5) is 0 Å². The molecule has 1 unspecified atom stereocenters. The molecule has 0 fully saturated rings. The molecule has 42 heavy (non-hydrogen) atoms. The minimum atomic E-state index is 0. The first-order chi connectivity index (χ1) is 20.0. The predicted octanol–water partition coefficient (Wildman–Crippen LogP) is 9.08. The van der Waals surface area contributed by atoms with Gasteiger partial charge >= 0.3 is 0 Å². The number of aromatic nitrogens is 4. The smallest absolute Gasteiger partial charge is 0.0610 e. The van der Waals surface area contributed by atoms with Crippen molar-refractivity contribution >= 4 is 54.6 Å². The Labute approximate surface area is 259 Å². The van der Waals surface area contributed by atoms with Crippen molar-refractivity contribution in [2.75, 3.05) is 0 Å². The van der Waals surface area contributed by atoms with E-state index in [1.54, 1.807) is 0 Å². The molecule has 0 saturated heterocycles. The number of para-hydroxylation sites is 1. The van der Waals surface area contributed by atoms with E-state index in [1.807, 2.05) is 30.6 Å². The predicted molar refractivity (Wildman–Crippen MR) is 171 cm³/mol. The summed E-state index contributed by atoms with van der Waals surface area (Å²) in [5.74, 6) is 0.712. The number of hydrogen-bond donors (Lipinski definition) is 0. The maximum absolute atomic E-state index is 4.61. The van der Waals surface area contributed by atoms with E-state index in [0.717, 1.165) is 34.2 Å². The Kier molecular flexibility index (Phi) is 7.57. The molecule has 1 atom stereocenters. The number of rotatable bonds is 3. The van der Waals surface area contributed by atoms with Crippen LogP contribution in [0.1, 0.15) is 37.2 Å². The molecule has 8 aromatic rings. The summed E-state index contributed by atoms with van der Waals surface area (Å²) in [5.41, 5.74) is 8.15. The van der Waals surface area contributed by atoms with Crippen molar-refractivity contribution in [3.63, 3.8) is 0 Å². The van der Waals surface area contributed by atoms with Crippen molar-refractivity contribution in [2.45, 2.75) is 40.5 Å². The summed E-state index contributed by atoms with van der Waals surface area (Å²) in [7, 11) is 0. The van der Waals surface area contributed by atoms with E-state index in [0.29, 0.717) is 5.92 Å². The molecule has 5 heteroatoms. The molecule has 4 heterocycles. The van der Waals surface area contributed by atoms with Gasteiger partial charge in [-0.2, -0.15) is 0 Å². The van der Waals surface area contributed by atoms with Crippen LogP contribution in [-0.2, 0) is 26.5 Å². The van der Waals surface area contributed by atoms with Crippen LogP contribution in [-0.4, -0.2) is 18.8 Å². The summed E-state index contributed by atoms with van der Waals surface area (Å²) in [4.78, 5) is 9.14. The van der Waals surface area contributed by atoms with Gasteiger partial charge < -0.3 is 8.80 Å². The Hall–Kier alpha value is -4.05. The molecule has 0 bridgehead atoms. The van der Waals surface area contributed by atoms with E-state index in [4.69, 9.17) is 0 Å². The van der Waals surface area contributed by atoms with Crippen molar-refractivity contribution in [1.82, 2.24) is 18.8 Å². The SMILES string of the molecule is CCC(C)Cc1ccc2c(c1)c1ccc[c-]c1c1ncc(C)n21.Cc1cnc2c3[c-]cccc3c3ccccc3n12.[Ir]. The number of benzene rings is 4. The van der Waals surface area contributed by atoms with Crippen LogP contribution in [0.2, 0.25) is 0 Å². The Morgan fingerprint density at radius 1 is 0.690 bits per heavy atom. The maximum atomic E-state index is 4.61. The summed E-state index contributed by atoms with van der Waals surface area (Å²) < 4.78 is 4.45. The largest absolute Gasteiger partial charge is 0.338 e. The normalized spacial score (nSPS) is 12.2. The first kappa shape index (κ1) is 28.1. The van der Waals surface area contributed by atoms with Crippen molar-refractivity contribution in [3.8, 4) is 0 Å². The third-order valence-electron chi connectivity index (χ3n) is 8.34. The summed E-state index contributed by atoms with van der Waals surface area (Å²) >= 11 is 0. The molecule has 0 saturated carbocycles. The average Bonchev–Trinajstić information content (AvgIpc) is 3.61. The molecule has 4 aromatic carbocycles. The third kappa shape index (κ3) is 4.58. The fourth-order valence-corrected chi connectivity index (χ4v) is 6.09. The molecule has 0 aliphatic rings. The first-order valence-corrected chi connectivity index (χ1v) is 14.4. The molecule has 8 rings (SSSR count). The van der Waals surface area contributed by atoms with Crippen molar-refractivity contribution in [2.24, 2.45) is 5.92 Å². The molecule has 1 radical (unpaired) electrons. The van der Waals surface area contributed by atoms with Gasteiger partial charge in [0.15, 0.2) is 0 Å². The molecular formula is C37H32IrN4-2. The van der Waals surface area contributed by atoms with Crippen molar-refractivity contribution in [1.29, 1.82) is 0 Å². The van der Waals surface area contributed by atoms with Crippen LogP contribution < -0.4 is 0 Å². The van der Waals surface area contributed by atoms with Gasteiger partial charge in [0.2, 0.25) is 0 Å². The minimum Gasteiger partial charge on any atom is -0.338 e. The second-order valence-electron chi connectivity index (χ2n) is 11.1. The molecule has 211 valence electrons. The van der Waals surface area contributed by atoms with Gasteiger partial charge in [0.25, 0.3) is 0 Å². The Morgan fingerprint density at radius 2 is 1.24 bits per heavy atom. The fourth-order valence-electron chi connectivity index (χ4n) is 6.09. The van der Waals surface area contributed by atoms with Crippen molar-refractivity contribution in [3.05, 3.63) is 120 Å². The number of hydrogen-bond acceptors (Lipinski definition) is 2. The zero-order valence-electron chi connectivity index (χ0n) is 24.3. The maximum Gasteiger partial charge on any atom is 0.0610 e. The summed E-state index contributed by atoms with van der Waals surface area (Å²) in [6.07, 6.45) is 6.21. The van der Waals surface area contributed by atoms with Gasteiger partial charge in [-0.25, -0.2) is 0 Å². The Bertz CT molecular complexity index is 2220. The molecule has 4 nitrogen and oxygen atoms in total. The van der Waals surface area contributed by atoms with Crippen LogP contribution in [0.15, 0.2) is 91.3 Å². The molecule has 0 amide bonds. The van der Waals surface area contributed by atoms with E-state index in [1.165, 1.54) is 50.3 Å². The first-order valence-electron chi connectivity index (χ1n) is 14.4. The minimum absolute atomic E-state index is 0. The van der Waals surface area contributed by atoms with Crippen LogP contribution in [0.3, 0.4) is 0 Å². The van der Waals surface area contributed by atoms with Gasteiger partial charge in [-0.05, 0) is 54.7 Å². The molecule has 0 spiro atoms. The monoisotopic (exact) mass is 725 g/mol. The van der Waals surface area contributed by atoms with E-state index < -0.39 is 0 Å². The van der Waals surface area contributed by atoms with Gasteiger partial charge in [0.1, 0.15) is 0 Å². The molecule has 0 aliphatic heterocycles. The second-order valence-corrected chi connectivity index (χ2v) is 11.1. The zero-order chi connectivity index (χ0) is 28.1. The van der Waals surface area contributed by atoms with Gasteiger partial charge in [0, 0.05) is 54.9 Å². The zero-order valence-corrected chi connectivity index (χ0v) is 26.7. The number of pyridine rings is 2. The molecule has 0 N–H and O–H groups in total. The van der Waals surface area contributed by atoms with Crippen LogP contribution in [0, 0.1) is 31.9 Å². The topological polar surface area (TPSA) is 34.6 Å². The number of fused-ring (bicyclic) bond motifs is 12. The number of imidazole rings is 2. The van der Waals surface area contributed by atoms with Gasteiger partial charge in [-0.15, -0.1) is 59.3 Å². The Morgan fingerprint density at radius 3 is 1.86 bits per heavy atom. The van der Waals surface area contributed by atoms with E-state index in [-0.39, 0.29) is 20.1 Å². The molecule has 4 aromatic heterocycles. The Balaban J connectivity index is 0.000000151. The van der Waals surface area contributed by atoms with E-state index in [2.05, 4.69) is 119 Å². The number of nitrogens with zero attached hydrogens (tertiary/aromatic N) is 4. The standard InChI is InChI=1S/C21H21N2.C16H11N2.Ir/c1-4-14(2)11-16-9-10-20-19(12-16)17-7-5-6-8-18(17)21-22-13-15(3)23(20)21;1-11-10-17-16-14-8-3-2-6-12(14)13-7-4-5-9-15(13)18(11)16;/h5-7,9-10,12-14H,4,11H2,1-3H3;2-7,9-10H,1H3;/q2*-1;. The van der Waals surface area contributed by atoms with Crippen LogP contribution in [0.25, 0.3) is 54.6 Å². The average molecular weight is 725 g/mol. The third-order valence-corrected chi connectivity index (χ3v) is 8.34. The molecular weight excluding hydrogens is 693 g/mol. The van der Waals surface area contributed by atoms with E-state index >= 15 is 0 Å². The summed E-state index contributed by atoms with van der Waals surface area (Å²) in [5, 5.41) is 7.19.